The van der Waals surface area contributed by atoms with Gasteiger partial charge in [-0.3, -0.25) is 9.13 Å². The molecule has 270 valence electrons. The third kappa shape index (κ3) is 4.33. The van der Waals surface area contributed by atoms with Crippen molar-refractivity contribution in [1.82, 2.24) is 19.1 Å². The van der Waals surface area contributed by atoms with Crippen molar-refractivity contribution in [2.45, 2.75) is 0 Å². The molecule has 6 heteroatoms. The second kappa shape index (κ2) is 12.2. The normalized spacial score (nSPS) is 12.1. The van der Waals surface area contributed by atoms with Crippen molar-refractivity contribution in [3.8, 4) is 33.6 Å². The molecule has 6 heterocycles. The molecule has 0 radical (unpaired) electrons. The summed E-state index contributed by atoms with van der Waals surface area (Å²) in [5.74, 6) is 0. The molecule has 0 saturated heterocycles. The Hall–Kier alpha value is -7.12. The van der Waals surface area contributed by atoms with Crippen LogP contribution >= 0.6 is 22.7 Å². The highest BCUT2D eigenvalue weighted by Crippen LogP contribution is 2.55. The highest BCUT2D eigenvalue weighted by atomic mass is 32.1. The third-order valence-electron chi connectivity index (χ3n) is 11.8. The van der Waals surface area contributed by atoms with Crippen LogP contribution in [0.3, 0.4) is 0 Å². The summed E-state index contributed by atoms with van der Waals surface area (Å²) in [4.78, 5) is 10.4. The van der Waals surface area contributed by atoms with Gasteiger partial charge < -0.3 is 0 Å². The zero-order chi connectivity index (χ0) is 37.9. The topological polar surface area (TPSA) is 35.6 Å². The van der Waals surface area contributed by atoms with Crippen molar-refractivity contribution < 1.29 is 0 Å². The predicted molar refractivity (Wildman–Crippen MR) is 247 cm³/mol. The minimum Gasteiger partial charge on any atom is -0.292 e. The Morgan fingerprint density at radius 3 is 1.21 bits per heavy atom. The van der Waals surface area contributed by atoms with E-state index in [1.165, 1.54) is 73.4 Å². The van der Waals surface area contributed by atoms with E-state index < -0.39 is 0 Å². The largest absolute Gasteiger partial charge is 0.292 e. The molecule has 0 aliphatic rings. The van der Waals surface area contributed by atoms with Gasteiger partial charge in [-0.25, -0.2) is 9.97 Å². The minimum absolute atomic E-state index is 0.921. The highest BCUT2D eigenvalue weighted by molar-refractivity contribution is 7.26. The maximum absolute atomic E-state index is 5.21. The number of thiophene rings is 2. The molecule has 0 fully saturated rings. The Bertz CT molecular complexity index is 3540. The van der Waals surface area contributed by atoms with Gasteiger partial charge in [0.05, 0.1) is 11.0 Å². The fourth-order valence-corrected chi connectivity index (χ4v) is 12.0. The molecule has 6 aromatic heterocycles. The van der Waals surface area contributed by atoms with Gasteiger partial charge in [0.1, 0.15) is 11.3 Å². The van der Waals surface area contributed by atoms with Crippen LogP contribution in [0.2, 0.25) is 0 Å². The predicted octanol–water partition coefficient (Wildman–Crippen LogP) is 14.7. The lowest BCUT2D eigenvalue weighted by molar-refractivity contribution is 1.11. The summed E-state index contributed by atoms with van der Waals surface area (Å²) in [6.45, 7) is 0. The van der Waals surface area contributed by atoms with E-state index in [1.807, 2.05) is 35.1 Å². The number of para-hydroxylation sites is 2. The smallest absolute Gasteiger partial charge is 0.145 e. The van der Waals surface area contributed by atoms with E-state index in [9.17, 15) is 0 Å². The van der Waals surface area contributed by atoms with Crippen molar-refractivity contribution in [3.63, 3.8) is 0 Å². The number of benzene rings is 7. The molecule has 0 amide bonds. The Labute approximate surface area is 340 Å². The summed E-state index contributed by atoms with van der Waals surface area (Å²) in [7, 11) is 0. The van der Waals surface area contributed by atoms with Gasteiger partial charge in [0.2, 0.25) is 0 Å². The molecule has 0 unspecified atom stereocenters. The van der Waals surface area contributed by atoms with Crippen LogP contribution in [-0.4, -0.2) is 19.1 Å². The first kappa shape index (κ1) is 32.0. The zero-order valence-corrected chi connectivity index (χ0v) is 32.6. The molecular weight excluding hydrogens is 745 g/mol. The van der Waals surface area contributed by atoms with Gasteiger partial charge in [0, 0.05) is 108 Å². The molecule has 0 saturated carbocycles. The lowest BCUT2D eigenvalue weighted by Gasteiger charge is -2.19. The van der Waals surface area contributed by atoms with E-state index in [-0.39, 0.29) is 0 Å². The van der Waals surface area contributed by atoms with E-state index in [0.717, 1.165) is 44.5 Å². The number of nitrogens with zero attached hydrogens (tertiary/aromatic N) is 4. The van der Waals surface area contributed by atoms with Crippen molar-refractivity contribution in [2.24, 2.45) is 0 Å². The first-order chi connectivity index (χ1) is 28.8. The molecule has 0 bridgehead atoms. The summed E-state index contributed by atoms with van der Waals surface area (Å²) in [6.07, 6.45) is 3.86. The van der Waals surface area contributed by atoms with Crippen molar-refractivity contribution in [2.75, 3.05) is 0 Å². The fraction of sp³-hybridized carbons (Fsp3) is 0. The van der Waals surface area contributed by atoms with E-state index in [4.69, 9.17) is 9.97 Å². The monoisotopic (exact) mass is 774 g/mol. The molecule has 0 aliphatic heterocycles. The van der Waals surface area contributed by atoms with E-state index in [1.54, 1.807) is 0 Å². The van der Waals surface area contributed by atoms with Crippen LogP contribution in [0.25, 0.3) is 118 Å². The summed E-state index contributed by atoms with van der Waals surface area (Å²) >= 11 is 3.77. The summed E-state index contributed by atoms with van der Waals surface area (Å²) in [6, 6.07) is 61.6. The lowest BCUT2D eigenvalue weighted by atomic mass is 9.86. The van der Waals surface area contributed by atoms with Gasteiger partial charge in [0.25, 0.3) is 0 Å². The van der Waals surface area contributed by atoms with Crippen LogP contribution in [0.5, 0.6) is 0 Å². The van der Waals surface area contributed by atoms with Gasteiger partial charge in [-0.1, -0.05) is 109 Å². The molecular formula is C52H30N4S2. The average Bonchev–Trinajstić information content (AvgIpc) is 4.05. The van der Waals surface area contributed by atoms with Crippen LogP contribution in [-0.2, 0) is 0 Å². The third-order valence-corrected chi connectivity index (χ3v) is 14.2. The first-order valence-electron chi connectivity index (χ1n) is 19.5. The summed E-state index contributed by atoms with van der Waals surface area (Å²) in [5.41, 5.74) is 11.1. The zero-order valence-electron chi connectivity index (χ0n) is 30.9. The Kier molecular flexibility index (Phi) is 6.73. The molecule has 7 aromatic carbocycles. The Morgan fingerprint density at radius 2 is 0.741 bits per heavy atom. The molecule has 0 aliphatic carbocycles. The first-order valence-corrected chi connectivity index (χ1v) is 21.1. The average molecular weight is 775 g/mol. The van der Waals surface area contributed by atoms with Crippen LogP contribution in [0.1, 0.15) is 0 Å². The molecule has 0 atom stereocenters. The second-order valence-electron chi connectivity index (χ2n) is 14.8. The molecule has 0 N–H and O–H groups in total. The number of fused-ring (bicyclic) bond motifs is 13. The van der Waals surface area contributed by atoms with Crippen LogP contribution in [0.15, 0.2) is 182 Å². The van der Waals surface area contributed by atoms with Gasteiger partial charge in [-0.15, -0.1) is 22.7 Å². The molecule has 4 nitrogen and oxygen atoms in total. The van der Waals surface area contributed by atoms with Crippen molar-refractivity contribution >= 4 is 107 Å². The molecule has 0 spiro atoms. The second-order valence-corrected chi connectivity index (χ2v) is 17.0. The number of pyridine rings is 2. The maximum atomic E-state index is 5.21. The van der Waals surface area contributed by atoms with E-state index in [2.05, 4.69) is 179 Å². The number of hydrogen-bond donors (Lipinski definition) is 0. The van der Waals surface area contributed by atoms with E-state index in [0.29, 0.717) is 0 Å². The molecule has 13 rings (SSSR count). The number of aromatic nitrogens is 4. The minimum atomic E-state index is 0.921. The quantitative estimate of drug-likeness (QED) is 0.178. The highest BCUT2D eigenvalue weighted by Gasteiger charge is 2.31. The van der Waals surface area contributed by atoms with Gasteiger partial charge in [0.15, 0.2) is 0 Å². The van der Waals surface area contributed by atoms with Gasteiger partial charge >= 0.3 is 0 Å². The van der Waals surface area contributed by atoms with Crippen molar-refractivity contribution in [1.29, 1.82) is 0 Å². The maximum Gasteiger partial charge on any atom is 0.145 e. The fourth-order valence-electron chi connectivity index (χ4n) is 9.52. The van der Waals surface area contributed by atoms with Crippen molar-refractivity contribution in [3.05, 3.63) is 182 Å². The van der Waals surface area contributed by atoms with Crippen LogP contribution in [0, 0.1) is 0 Å². The van der Waals surface area contributed by atoms with Crippen LogP contribution < -0.4 is 0 Å². The number of rotatable bonds is 4. The Balaban J connectivity index is 1.38. The standard InChI is InChI=1S/C52H30N4S2/c1-3-15-31(16-4-1)55-47-45(39-25-13-29-53-51(39)55)43(37-23-11-21-35-33-19-7-9-27-41(33)57-49(35)37)44(38-24-12-22-36-34-20-8-10-28-42(34)58-50(36)38)46-40-26-14-30-54-52(40)56(48(46)47)32-17-5-2-6-18-32/h1-30H. The number of hydrogen-bond acceptors (Lipinski definition) is 4. The molecule has 58 heavy (non-hydrogen) atoms. The Morgan fingerprint density at radius 1 is 0.345 bits per heavy atom. The summed E-state index contributed by atoms with van der Waals surface area (Å²) in [5, 5.41) is 9.69. The van der Waals surface area contributed by atoms with E-state index >= 15 is 0 Å². The summed E-state index contributed by atoms with van der Waals surface area (Å²) < 4.78 is 9.92. The SMILES string of the molecule is c1ccc(-n2c3ncccc3c3c(-c4cccc5c4sc4ccccc45)c(-c4cccc5c4sc4ccccc45)c4c5cccnc5n(-c5ccccc5)c4c32)cc1. The van der Waals surface area contributed by atoms with Gasteiger partial charge in [-0.2, -0.15) is 0 Å². The van der Waals surface area contributed by atoms with Gasteiger partial charge in [-0.05, 0) is 60.7 Å². The molecule has 13 aromatic rings. The lowest BCUT2D eigenvalue weighted by Crippen LogP contribution is -2.01. The van der Waals surface area contributed by atoms with Crippen LogP contribution in [0.4, 0.5) is 0 Å².